The maximum absolute atomic E-state index is 11.5. The molecular weight excluding hydrogens is 264 g/mol. The average Bonchev–Trinajstić information content (AvgIpc) is 2.42. The van der Waals surface area contributed by atoms with E-state index in [4.69, 9.17) is 4.74 Å². The molecule has 0 aliphatic rings. The van der Waals surface area contributed by atoms with Gasteiger partial charge in [-0.1, -0.05) is 36.4 Å². The smallest absolute Gasteiger partial charge is 0.407 e. The summed E-state index contributed by atoms with van der Waals surface area (Å²) >= 11 is 0. The molecule has 0 aromatic heterocycles. The molecule has 2 rings (SSSR count). The van der Waals surface area contributed by atoms with Gasteiger partial charge in [-0.25, -0.2) is 4.79 Å². The fourth-order valence-corrected chi connectivity index (χ4v) is 2.06. The molecule has 112 valence electrons. The number of rotatable bonds is 4. The summed E-state index contributed by atoms with van der Waals surface area (Å²) in [5.41, 5.74) is 0.603. The number of hydrogen-bond donors (Lipinski definition) is 2. The van der Waals surface area contributed by atoms with Gasteiger partial charge < -0.3 is 15.4 Å². The number of nitrogens with one attached hydrogen (secondary N) is 2. The Morgan fingerprint density at radius 3 is 2.52 bits per heavy atom. The third-order valence-corrected chi connectivity index (χ3v) is 2.90. The average molecular weight is 286 g/mol. The zero-order chi connectivity index (χ0) is 15.3. The van der Waals surface area contributed by atoms with Crippen LogP contribution in [0.4, 0.5) is 10.5 Å². The molecule has 0 aliphatic carbocycles. The molecule has 2 aromatic rings. The minimum atomic E-state index is -0.465. The summed E-state index contributed by atoms with van der Waals surface area (Å²) in [5.74, 6) is 0. The lowest BCUT2D eigenvalue weighted by Gasteiger charge is -2.19. The van der Waals surface area contributed by atoms with Crippen LogP contribution in [-0.4, -0.2) is 24.8 Å². The second-order valence-electron chi connectivity index (χ2n) is 5.88. The highest BCUT2D eigenvalue weighted by Crippen LogP contribution is 2.22. The summed E-state index contributed by atoms with van der Waals surface area (Å²) in [4.78, 5) is 11.5. The van der Waals surface area contributed by atoms with Crippen LogP contribution < -0.4 is 10.6 Å². The topological polar surface area (TPSA) is 50.4 Å². The number of alkyl carbamates (subject to hydrolysis) is 1. The zero-order valence-corrected chi connectivity index (χ0v) is 12.8. The Balaban J connectivity index is 1.84. The molecule has 2 aromatic carbocycles. The van der Waals surface area contributed by atoms with Crippen LogP contribution in [0.5, 0.6) is 0 Å². The normalized spacial score (nSPS) is 11.2. The maximum atomic E-state index is 11.5. The lowest BCUT2D eigenvalue weighted by molar-refractivity contribution is 0.0530. The maximum Gasteiger partial charge on any atom is 0.407 e. The molecular formula is C17H22N2O2. The Bertz CT molecular complexity index is 612. The van der Waals surface area contributed by atoms with Crippen LogP contribution in [0.15, 0.2) is 42.5 Å². The quantitative estimate of drug-likeness (QED) is 0.841. The van der Waals surface area contributed by atoms with Crippen LogP contribution >= 0.6 is 0 Å². The Kier molecular flexibility index (Phi) is 4.68. The van der Waals surface area contributed by atoms with Gasteiger partial charge in [0.2, 0.25) is 0 Å². The first-order valence-corrected chi connectivity index (χ1v) is 7.14. The van der Waals surface area contributed by atoms with E-state index in [1.807, 2.05) is 45.0 Å². The SMILES string of the molecule is CC(C)(C)OC(=O)NCCNc1cccc2ccccc12. The molecule has 21 heavy (non-hydrogen) atoms. The van der Waals surface area contributed by atoms with E-state index in [0.29, 0.717) is 13.1 Å². The van der Waals surface area contributed by atoms with Crippen molar-refractivity contribution in [1.82, 2.24) is 5.32 Å². The van der Waals surface area contributed by atoms with Gasteiger partial charge in [-0.15, -0.1) is 0 Å². The molecule has 0 unspecified atom stereocenters. The summed E-state index contributed by atoms with van der Waals surface area (Å²) in [7, 11) is 0. The zero-order valence-electron chi connectivity index (χ0n) is 12.8. The molecule has 0 saturated heterocycles. The van der Waals surface area contributed by atoms with Gasteiger partial charge in [-0.3, -0.25) is 0 Å². The van der Waals surface area contributed by atoms with Crippen LogP contribution in [-0.2, 0) is 4.74 Å². The fourth-order valence-electron chi connectivity index (χ4n) is 2.06. The van der Waals surface area contributed by atoms with Gasteiger partial charge >= 0.3 is 6.09 Å². The van der Waals surface area contributed by atoms with Crippen molar-refractivity contribution in [1.29, 1.82) is 0 Å². The second kappa shape index (κ2) is 6.48. The number of benzene rings is 2. The Morgan fingerprint density at radius 1 is 1.05 bits per heavy atom. The van der Waals surface area contributed by atoms with E-state index in [0.717, 1.165) is 5.69 Å². The van der Waals surface area contributed by atoms with E-state index in [-0.39, 0.29) is 6.09 Å². The van der Waals surface area contributed by atoms with Gasteiger partial charge in [0.25, 0.3) is 0 Å². The van der Waals surface area contributed by atoms with E-state index < -0.39 is 5.60 Å². The number of fused-ring (bicyclic) bond motifs is 1. The third kappa shape index (κ3) is 4.67. The Labute approximate surface area is 125 Å². The monoisotopic (exact) mass is 286 g/mol. The number of ether oxygens (including phenoxy) is 1. The lowest BCUT2D eigenvalue weighted by Crippen LogP contribution is -2.35. The first kappa shape index (κ1) is 15.2. The van der Waals surface area contributed by atoms with Crippen LogP contribution in [0.25, 0.3) is 10.8 Å². The molecule has 2 N–H and O–H groups in total. The summed E-state index contributed by atoms with van der Waals surface area (Å²) in [6, 6.07) is 14.3. The van der Waals surface area contributed by atoms with Crippen molar-refractivity contribution in [2.24, 2.45) is 0 Å². The van der Waals surface area contributed by atoms with E-state index in [9.17, 15) is 4.79 Å². The first-order chi connectivity index (χ1) is 9.96. The lowest BCUT2D eigenvalue weighted by atomic mass is 10.1. The summed E-state index contributed by atoms with van der Waals surface area (Å²) < 4.78 is 5.18. The molecule has 4 nitrogen and oxygen atoms in total. The van der Waals surface area contributed by atoms with E-state index >= 15 is 0 Å². The van der Waals surface area contributed by atoms with Crippen LogP contribution in [0.2, 0.25) is 0 Å². The van der Waals surface area contributed by atoms with E-state index in [1.54, 1.807) is 0 Å². The van der Waals surface area contributed by atoms with Crippen molar-refractivity contribution < 1.29 is 9.53 Å². The first-order valence-electron chi connectivity index (χ1n) is 7.14. The molecule has 0 aliphatic heterocycles. The van der Waals surface area contributed by atoms with Crippen molar-refractivity contribution in [3.05, 3.63) is 42.5 Å². The van der Waals surface area contributed by atoms with E-state index in [1.165, 1.54) is 10.8 Å². The van der Waals surface area contributed by atoms with Gasteiger partial charge in [-0.05, 0) is 32.2 Å². The van der Waals surface area contributed by atoms with Crippen molar-refractivity contribution >= 4 is 22.6 Å². The van der Waals surface area contributed by atoms with Gasteiger partial charge in [0, 0.05) is 24.2 Å². The highest BCUT2D eigenvalue weighted by molar-refractivity contribution is 5.93. The Hall–Kier alpha value is -2.23. The van der Waals surface area contributed by atoms with Gasteiger partial charge in [0.1, 0.15) is 5.60 Å². The van der Waals surface area contributed by atoms with Gasteiger partial charge in [-0.2, -0.15) is 0 Å². The summed E-state index contributed by atoms with van der Waals surface area (Å²) in [5, 5.41) is 8.44. The third-order valence-electron chi connectivity index (χ3n) is 2.90. The highest BCUT2D eigenvalue weighted by atomic mass is 16.6. The number of amides is 1. The standard InChI is InChI=1S/C17H22N2O2/c1-17(2,3)21-16(20)19-12-11-18-15-10-6-8-13-7-4-5-9-14(13)15/h4-10,18H,11-12H2,1-3H3,(H,19,20). The second-order valence-corrected chi connectivity index (χ2v) is 5.88. The van der Waals surface area contributed by atoms with Crippen LogP contribution in [0.1, 0.15) is 20.8 Å². The van der Waals surface area contributed by atoms with Crippen molar-refractivity contribution in [3.63, 3.8) is 0 Å². The molecule has 0 radical (unpaired) electrons. The van der Waals surface area contributed by atoms with Crippen molar-refractivity contribution in [2.75, 3.05) is 18.4 Å². The fraction of sp³-hybridized carbons (Fsp3) is 0.353. The predicted molar refractivity (Wildman–Crippen MR) is 86.7 cm³/mol. The largest absolute Gasteiger partial charge is 0.444 e. The minimum absolute atomic E-state index is 0.387. The molecule has 1 amide bonds. The molecule has 0 saturated carbocycles. The Morgan fingerprint density at radius 2 is 1.76 bits per heavy atom. The molecule has 0 atom stereocenters. The highest BCUT2D eigenvalue weighted by Gasteiger charge is 2.15. The number of carbonyl (C=O) groups excluding carboxylic acids is 1. The van der Waals surface area contributed by atoms with Crippen molar-refractivity contribution in [3.8, 4) is 0 Å². The van der Waals surface area contributed by atoms with Crippen molar-refractivity contribution in [2.45, 2.75) is 26.4 Å². The minimum Gasteiger partial charge on any atom is -0.444 e. The summed E-state index contributed by atoms with van der Waals surface area (Å²) in [6.45, 7) is 6.70. The van der Waals surface area contributed by atoms with Gasteiger partial charge in [0.05, 0.1) is 0 Å². The molecule has 0 bridgehead atoms. The van der Waals surface area contributed by atoms with Crippen LogP contribution in [0.3, 0.4) is 0 Å². The molecule has 0 fully saturated rings. The number of carbonyl (C=O) groups is 1. The molecule has 0 spiro atoms. The predicted octanol–water partition coefficient (Wildman–Crippen LogP) is 3.78. The van der Waals surface area contributed by atoms with Crippen LogP contribution in [0, 0.1) is 0 Å². The van der Waals surface area contributed by atoms with Gasteiger partial charge in [0.15, 0.2) is 0 Å². The summed E-state index contributed by atoms with van der Waals surface area (Å²) in [6.07, 6.45) is -0.387. The number of hydrogen-bond acceptors (Lipinski definition) is 3. The van der Waals surface area contributed by atoms with E-state index in [2.05, 4.69) is 28.8 Å². The molecule has 4 heteroatoms. The molecule has 0 heterocycles. The number of anilines is 1.